The standard InChI is InChI=1S/C37H52BrN5O6Si2/c1-36(2,3)50(7,8)47-23-28-27(49-51(9,10)37(4,5)6)21-30(48-28)43-32-31(40-34(43)38)33(46-22-25-17-13-11-14-18-25)42-35(41-32)39-29(44)24-45-26-19-15-12-16-20-26/h11-20,27-28,30H,21-24H2,1-10H3,(H,39,41,42,44)/t27-,28+,30+/m0/s1. The number of carbonyl (C=O) groups excluding carboxylic acids is 1. The van der Waals surface area contributed by atoms with Gasteiger partial charge in [-0.2, -0.15) is 9.97 Å². The van der Waals surface area contributed by atoms with Gasteiger partial charge in [0.2, 0.25) is 11.8 Å². The number of halogens is 1. The number of hydrogen-bond donors (Lipinski definition) is 1. The second kappa shape index (κ2) is 15.4. The summed E-state index contributed by atoms with van der Waals surface area (Å²) in [5.74, 6) is 0.455. The van der Waals surface area contributed by atoms with E-state index in [9.17, 15) is 4.79 Å². The van der Waals surface area contributed by atoms with Crippen molar-refractivity contribution in [3.63, 3.8) is 0 Å². The first-order chi connectivity index (χ1) is 23.8. The molecule has 0 radical (unpaired) electrons. The fourth-order valence-electron chi connectivity index (χ4n) is 5.08. The van der Waals surface area contributed by atoms with Crippen molar-refractivity contribution >= 4 is 55.6 Å². The molecule has 1 N–H and O–H groups in total. The van der Waals surface area contributed by atoms with Crippen molar-refractivity contribution in [3.8, 4) is 11.6 Å². The quantitative estimate of drug-likeness (QED) is 0.105. The van der Waals surface area contributed by atoms with Crippen LogP contribution in [0, 0.1) is 0 Å². The molecule has 3 atom stereocenters. The number of carbonyl (C=O) groups is 1. The highest BCUT2D eigenvalue weighted by molar-refractivity contribution is 9.10. The zero-order valence-corrected chi connectivity index (χ0v) is 35.0. The minimum atomic E-state index is -2.18. The minimum Gasteiger partial charge on any atom is -0.484 e. The van der Waals surface area contributed by atoms with Crippen LogP contribution in [0.1, 0.15) is 59.8 Å². The second-order valence-electron chi connectivity index (χ2n) is 16.1. The number of para-hydroxylation sites is 1. The maximum Gasteiger partial charge on any atom is 0.264 e. The van der Waals surface area contributed by atoms with Gasteiger partial charge >= 0.3 is 0 Å². The molecule has 4 aromatic rings. The van der Waals surface area contributed by atoms with E-state index in [0.29, 0.717) is 34.7 Å². The van der Waals surface area contributed by atoms with E-state index < -0.39 is 28.8 Å². The molecule has 1 saturated heterocycles. The van der Waals surface area contributed by atoms with Crippen LogP contribution in [-0.4, -0.2) is 67.5 Å². The molecule has 51 heavy (non-hydrogen) atoms. The summed E-state index contributed by atoms with van der Waals surface area (Å²) < 4.78 is 34.9. The number of fused-ring (bicyclic) bond motifs is 1. The highest BCUT2D eigenvalue weighted by Crippen LogP contribution is 2.44. The number of nitrogens with one attached hydrogen (secondary N) is 1. The van der Waals surface area contributed by atoms with Crippen molar-refractivity contribution in [1.82, 2.24) is 19.5 Å². The van der Waals surface area contributed by atoms with Gasteiger partial charge in [0.15, 0.2) is 39.1 Å². The van der Waals surface area contributed by atoms with Crippen molar-refractivity contribution in [2.75, 3.05) is 18.5 Å². The van der Waals surface area contributed by atoms with Crippen LogP contribution in [-0.2, 0) is 25.0 Å². The Labute approximate surface area is 312 Å². The first-order valence-electron chi connectivity index (χ1n) is 17.4. The Kier molecular flexibility index (Phi) is 11.8. The van der Waals surface area contributed by atoms with E-state index in [0.717, 1.165) is 5.56 Å². The van der Waals surface area contributed by atoms with Gasteiger partial charge in [0, 0.05) is 6.42 Å². The van der Waals surface area contributed by atoms with E-state index in [-0.39, 0.29) is 47.3 Å². The average molecular weight is 799 g/mol. The van der Waals surface area contributed by atoms with Gasteiger partial charge in [-0.25, -0.2) is 4.98 Å². The van der Waals surface area contributed by atoms with Crippen LogP contribution in [0.4, 0.5) is 5.95 Å². The van der Waals surface area contributed by atoms with E-state index in [4.69, 9.17) is 33.0 Å². The molecule has 0 unspecified atom stereocenters. The molecule has 14 heteroatoms. The number of rotatable bonds is 13. The van der Waals surface area contributed by atoms with Crippen LogP contribution in [0.2, 0.25) is 36.3 Å². The summed E-state index contributed by atoms with van der Waals surface area (Å²) in [6.45, 7) is 22.9. The molecule has 0 aliphatic carbocycles. The molecular formula is C37H52BrN5O6Si2. The minimum absolute atomic E-state index is 0.00770. The first-order valence-corrected chi connectivity index (χ1v) is 24.0. The van der Waals surface area contributed by atoms with Crippen molar-refractivity contribution in [2.45, 2.75) is 109 Å². The predicted octanol–water partition coefficient (Wildman–Crippen LogP) is 8.89. The summed E-state index contributed by atoms with van der Waals surface area (Å²) in [7, 11) is -4.26. The van der Waals surface area contributed by atoms with E-state index >= 15 is 0 Å². The Bertz CT molecular complexity index is 1790. The third-order valence-electron chi connectivity index (χ3n) is 10.2. The molecular weight excluding hydrogens is 747 g/mol. The molecule has 5 rings (SSSR count). The SMILES string of the molecule is CC(C)(C)[Si](C)(C)OC[C@H]1O[C@@H](n2c(Br)nc3c(OCc4ccccc4)nc(NC(=O)COc4ccccc4)nc32)C[C@@H]1O[Si](C)(C)C(C)(C)C. The van der Waals surface area contributed by atoms with E-state index in [1.807, 2.05) is 53.1 Å². The second-order valence-corrected chi connectivity index (χ2v) is 26.3. The monoisotopic (exact) mass is 797 g/mol. The van der Waals surface area contributed by atoms with Crippen LogP contribution < -0.4 is 14.8 Å². The maximum absolute atomic E-state index is 13.0. The number of amides is 1. The van der Waals surface area contributed by atoms with Gasteiger partial charge in [-0.05, 0) is 69.9 Å². The number of aromatic nitrogens is 4. The predicted molar refractivity (Wildman–Crippen MR) is 208 cm³/mol. The molecule has 1 aliphatic rings. The smallest absolute Gasteiger partial charge is 0.264 e. The largest absolute Gasteiger partial charge is 0.484 e. The molecule has 276 valence electrons. The van der Waals surface area contributed by atoms with Gasteiger partial charge in [-0.1, -0.05) is 90.1 Å². The van der Waals surface area contributed by atoms with Gasteiger partial charge in [0.25, 0.3) is 5.91 Å². The lowest BCUT2D eigenvalue weighted by Crippen LogP contribution is -2.48. The summed E-state index contributed by atoms with van der Waals surface area (Å²) in [5.41, 5.74) is 1.84. The number of nitrogens with zero attached hydrogens (tertiary/aromatic N) is 4. The van der Waals surface area contributed by atoms with Crippen LogP contribution >= 0.6 is 15.9 Å². The fourth-order valence-corrected chi connectivity index (χ4v) is 8.03. The Balaban J connectivity index is 1.48. The van der Waals surface area contributed by atoms with E-state index in [1.165, 1.54) is 0 Å². The van der Waals surface area contributed by atoms with Crippen LogP contribution in [0.15, 0.2) is 65.4 Å². The van der Waals surface area contributed by atoms with Crippen LogP contribution in [0.25, 0.3) is 11.2 Å². The zero-order valence-electron chi connectivity index (χ0n) is 31.5. The van der Waals surface area contributed by atoms with Gasteiger partial charge < -0.3 is 23.1 Å². The molecule has 3 heterocycles. The Morgan fingerprint density at radius 3 is 2.16 bits per heavy atom. The van der Waals surface area contributed by atoms with Crippen LogP contribution in [0.5, 0.6) is 11.6 Å². The van der Waals surface area contributed by atoms with Crippen molar-refractivity contribution in [1.29, 1.82) is 0 Å². The lowest BCUT2D eigenvalue weighted by molar-refractivity contribution is -0.118. The lowest BCUT2D eigenvalue weighted by atomic mass is 10.2. The van der Waals surface area contributed by atoms with Crippen molar-refractivity contribution in [2.24, 2.45) is 0 Å². The Hall–Kier alpha value is -3.15. The van der Waals surface area contributed by atoms with E-state index in [2.05, 4.69) is 94.0 Å². The summed E-state index contributed by atoms with van der Waals surface area (Å²) in [6, 6.07) is 18.9. The van der Waals surface area contributed by atoms with Gasteiger partial charge in [-0.15, -0.1) is 0 Å². The van der Waals surface area contributed by atoms with E-state index in [1.54, 1.807) is 12.1 Å². The summed E-state index contributed by atoms with van der Waals surface area (Å²) >= 11 is 3.69. The highest BCUT2D eigenvalue weighted by Gasteiger charge is 2.47. The Morgan fingerprint density at radius 1 is 0.902 bits per heavy atom. The Morgan fingerprint density at radius 2 is 1.53 bits per heavy atom. The molecule has 1 fully saturated rings. The number of hydrogen-bond acceptors (Lipinski definition) is 9. The van der Waals surface area contributed by atoms with Crippen molar-refractivity contribution in [3.05, 3.63) is 71.0 Å². The highest BCUT2D eigenvalue weighted by atomic mass is 79.9. The molecule has 2 aromatic carbocycles. The van der Waals surface area contributed by atoms with Gasteiger partial charge in [0.05, 0.1) is 12.7 Å². The maximum atomic E-state index is 13.0. The molecule has 0 bridgehead atoms. The summed E-state index contributed by atoms with van der Waals surface area (Å²) in [6.07, 6.45) is -0.463. The molecule has 0 spiro atoms. The van der Waals surface area contributed by atoms with Gasteiger partial charge in [-0.3, -0.25) is 14.7 Å². The molecule has 1 amide bonds. The van der Waals surface area contributed by atoms with Crippen molar-refractivity contribution < 1.29 is 27.9 Å². The van der Waals surface area contributed by atoms with Crippen LogP contribution in [0.3, 0.4) is 0 Å². The molecule has 11 nitrogen and oxygen atoms in total. The number of anilines is 1. The topological polar surface area (TPSA) is 119 Å². The number of ether oxygens (including phenoxy) is 3. The fraction of sp³-hybridized carbons (Fsp3) is 0.514. The third kappa shape index (κ3) is 9.45. The lowest BCUT2D eigenvalue weighted by Gasteiger charge is -2.40. The molecule has 0 saturated carbocycles. The molecule has 1 aliphatic heterocycles. The summed E-state index contributed by atoms with van der Waals surface area (Å²) in [4.78, 5) is 27.2. The normalized spacial score (nSPS) is 18.6. The molecule has 2 aromatic heterocycles. The van der Waals surface area contributed by atoms with Gasteiger partial charge in [0.1, 0.15) is 24.7 Å². The third-order valence-corrected chi connectivity index (χ3v) is 19.7. The first kappa shape index (κ1) is 39.1. The number of benzene rings is 2. The number of imidazole rings is 1. The summed E-state index contributed by atoms with van der Waals surface area (Å²) in [5, 5.41) is 2.84. The average Bonchev–Trinajstić information content (AvgIpc) is 3.60. The zero-order chi connectivity index (χ0) is 37.2.